The maximum atomic E-state index is 11.9. The number of benzene rings is 1. The first kappa shape index (κ1) is 18.1. The van der Waals surface area contributed by atoms with Crippen molar-refractivity contribution in [2.45, 2.75) is 25.4 Å². The molecule has 0 aliphatic rings. The third-order valence-corrected chi connectivity index (χ3v) is 3.50. The van der Waals surface area contributed by atoms with Gasteiger partial charge in [-0.15, -0.1) is 11.6 Å². The van der Waals surface area contributed by atoms with Crippen molar-refractivity contribution in [1.29, 1.82) is 0 Å². The molecule has 1 aromatic rings. The van der Waals surface area contributed by atoms with Gasteiger partial charge in [0.1, 0.15) is 12.4 Å². The minimum atomic E-state index is -4.25. The summed E-state index contributed by atoms with van der Waals surface area (Å²) in [7, 11) is 1.61. The van der Waals surface area contributed by atoms with Crippen LogP contribution in [0.15, 0.2) is 24.3 Å². The molecule has 120 valence electrons. The highest BCUT2D eigenvalue weighted by molar-refractivity contribution is 6.18. The molecule has 0 bridgehead atoms. The Bertz CT molecular complexity index is 393. The van der Waals surface area contributed by atoms with E-state index in [0.717, 1.165) is 24.2 Å². The van der Waals surface area contributed by atoms with E-state index in [9.17, 15) is 13.2 Å². The molecule has 2 nitrogen and oxygen atoms in total. The zero-order valence-corrected chi connectivity index (χ0v) is 12.7. The number of ether oxygens (including phenoxy) is 2. The number of alkyl halides is 4. The lowest BCUT2D eigenvalue weighted by Gasteiger charge is -2.14. The van der Waals surface area contributed by atoms with E-state index in [1.807, 2.05) is 24.3 Å². The van der Waals surface area contributed by atoms with Crippen molar-refractivity contribution in [2.24, 2.45) is 5.92 Å². The second-order valence-corrected chi connectivity index (χ2v) is 5.19. The third kappa shape index (κ3) is 8.17. The van der Waals surface area contributed by atoms with E-state index in [4.69, 9.17) is 16.3 Å². The van der Waals surface area contributed by atoms with Crippen molar-refractivity contribution in [3.05, 3.63) is 29.8 Å². The smallest absolute Gasteiger partial charge is 0.411 e. The van der Waals surface area contributed by atoms with Gasteiger partial charge >= 0.3 is 6.18 Å². The van der Waals surface area contributed by atoms with Gasteiger partial charge in [-0.3, -0.25) is 0 Å². The molecule has 0 N–H and O–H groups in total. The van der Waals surface area contributed by atoms with E-state index in [1.54, 1.807) is 7.11 Å². The van der Waals surface area contributed by atoms with Crippen LogP contribution in [0.4, 0.5) is 13.2 Å². The Kier molecular flexibility index (Phi) is 7.89. The van der Waals surface area contributed by atoms with E-state index in [0.29, 0.717) is 12.3 Å². The first-order chi connectivity index (χ1) is 9.94. The molecular weight excluding hydrogens is 305 g/mol. The van der Waals surface area contributed by atoms with Crippen LogP contribution < -0.4 is 4.74 Å². The van der Waals surface area contributed by atoms with Crippen LogP contribution in [0.25, 0.3) is 0 Å². The van der Waals surface area contributed by atoms with E-state index in [1.165, 1.54) is 0 Å². The maximum Gasteiger partial charge on any atom is 0.411 e. The predicted molar refractivity (Wildman–Crippen MR) is 77.0 cm³/mol. The Balaban J connectivity index is 2.27. The Morgan fingerprint density at radius 3 is 2.38 bits per heavy atom. The second kappa shape index (κ2) is 9.15. The van der Waals surface area contributed by atoms with Crippen LogP contribution >= 0.6 is 11.6 Å². The van der Waals surface area contributed by atoms with Gasteiger partial charge in [0.2, 0.25) is 0 Å². The lowest BCUT2D eigenvalue weighted by molar-refractivity contribution is -0.174. The number of rotatable bonds is 9. The summed E-state index contributed by atoms with van der Waals surface area (Å²) in [5.74, 6) is 1.50. The molecule has 0 aliphatic carbocycles. The summed E-state index contributed by atoms with van der Waals surface area (Å²) in [6.45, 7) is -1.08. The van der Waals surface area contributed by atoms with Crippen LogP contribution in [0.5, 0.6) is 5.75 Å². The number of methoxy groups -OCH3 is 1. The molecule has 6 heteroatoms. The number of hydrogen-bond donors (Lipinski definition) is 0. The topological polar surface area (TPSA) is 18.5 Å². The molecule has 0 radical (unpaired) electrons. The quantitative estimate of drug-likeness (QED) is 0.493. The van der Waals surface area contributed by atoms with Gasteiger partial charge in [-0.05, 0) is 42.9 Å². The summed E-state index contributed by atoms with van der Waals surface area (Å²) in [6, 6.07) is 7.71. The zero-order valence-electron chi connectivity index (χ0n) is 12.0. The molecular formula is C15H20ClF3O2. The second-order valence-electron chi connectivity index (χ2n) is 4.88. The van der Waals surface area contributed by atoms with Crippen LogP contribution in [0.3, 0.4) is 0 Å². The van der Waals surface area contributed by atoms with Gasteiger partial charge in [-0.1, -0.05) is 12.1 Å². The van der Waals surface area contributed by atoms with E-state index < -0.39 is 12.8 Å². The van der Waals surface area contributed by atoms with Gasteiger partial charge in [-0.2, -0.15) is 13.2 Å². The molecule has 0 saturated heterocycles. The van der Waals surface area contributed by atoms with Crippen LogP contribution in [0.1, 0.15) is 18.4 Å². The summed E-state index contributed by atoms with van der Waals surface area (Å²) in [6.07, 6.45) is -2.14. The zero-order chi connectivity index (χ0) is 15.7. The van der Waals surface area contributed by atoms with Crippen molar-refractivity contribution in [2.75, 3.05) is 26.2 Å². The van der Waals surface area contributed by atoms with Crippen molar-refractivity contribution >= 4 is 11.6 Å². The summed E-state index contributed by atoms with van der Waals surface area (Å²) >= 11 is 5.92. The van der Waals surface area contributed by atoms with E-state index >= 15 is 0 Å². The Morgan fingerprint density at radius 2 is 1.86 bits per heavy atom. The van der Waals surface area contributed by atoms with Crippen LogP contribution in [0, 0.1) is 5.92 Å². The Labute approximate surface area is 128 Å². The van der Waals surface area contributed by atoms with Crippen molar-refractivity contribution in [3.63, 3.8) is 0 Å². The van der Waals surface area contributed by atoms with Crippen LogP contribution in [-0.2, 0) is 11.2 Å². The normalized spacial score (nSPS) is 13.2. The fourth-order valence-corrected chi connectivity index (χ4v) is 2.25. The number of halogens is 4. The van der Waals surface area contributed by atoms with Gasteiger partial charge in [0, 0.05) is 12.5 Å². The minimum absolute atomic E-state index is 0.107. The highest BCUT2D eigenvalue weighted by atomic mass is 35.5. The van der Waals surface area contributed by atoms with E-state index in [2.05, 4.69) is 4.74 Å². The fourth-order valence-electron chi connectivity index (χ4n) is 1.99. The average molecular weight is 325 g/mol. The summed E-state index contributed by atoms with van der Waals surface area (Å²) in [5.41, 5.74) is 1.14. The summed E-state index contributed by atoms with van der Waals surface area (Å²) in [5, 5.41) is 0. The summed E-state index contributed by atoms with van der Waals surface area (Å²) in [4.78, 5) is 0. The molecule has 0 spiro atoms. The van der Waals surface area contributed by atoms with Gasteiger partial charge in [-0.25, -0.2) is 0 Å². The third-order valence-electron chi connectivity index (χ3n) is 3.07. The van der Waals surface area contributed by atoms with Gasteiger partial charge in [0.05, 0.1) is 7.11 Å². The molecule has 0 fully saturated rings. The number of hydrogen-bond acceptors (Lipinski definition) is 2. The predicted octanol–water partition coefficient (Wildman–Crippen LogP) is 4.45. The highest BCUT2D eigenvalue weighted by Crippen LogP contribution is 2.19. The lowest BCUT2D eigenvalue weighted by atomic mass is 9.96. The van der Waals surface area contributed by atoms with Crippen molar-refractivity contribution in [3.8, 4) is 5.75 Å². The monoisotopic (exact) mass is 324 g/mol. The Hall–Kier alpha value is -0.940. The Morgan fingerprint density at radius 1 is 1.19 bits per heavy atom. The molecule has 1 aromatic carbocycles. The molecule has 1 atom stereocenters. The standard InChI is InChI=1S/C15H20ClF3O2/c1-20-14-6-4-12(5-7-14)9-13(10-16)3-2-8-21-11-15(17,18)19/h4-7,13H,2-3,8-11H2,1H3. The summed E-state index contributed by atoms with van der Waals surface area (Å²) < 4.78 is 45.4. The van der Waals surface area contributed by atoms with Gasteiger partial charge < -0.3 is 9.47 Å². The van der Waals surface area contributed by atoms with Crippen LogP contribution in [0.2, 0.25) is 0 Å². The van der Waals surface area contributed by atoms with Crippen LogP contribution in [-0.4, -0.2) is 32.4 Å². The molecule has 1 rings (SSSR count). The van der Waals surface area contributed by atoms with Gasteiger partial charge in [0.25, 0.3) is 0 Å². The molecule has 21 heavy (non-hydrogen) atoms. The SMILES string of the molecule is COc1ccc(CC(CCl)CCCOCC(F)(F)F)cc1. The van der Waals surface area contributed by atoms with Crippen molar-refractivity contribution in [1.82, 2.24) is 0 Å². The molecule has 1 unspecified atom stereocenters. The molecule has 0 amide bonds. The molecule has 0 heterocycles. The average Bonchev–Trinajstić information content (AvgIpc) is 2.45. The fraction of sp³-hybridized carbons (Fsp3) is 0.600. The lowest BCUT2D eigenvalue weighted by Crippen LogP contribution is -2.17. The highest BCUT2D eigenvalue weighted by Gasteiger charge is 2.27. The first-order valence-electron chi connectivity index (χ1n) is 6.78. The van der Waals surface area contributed by atoms with Crippen molar-refractivity contribution < 1.29 is 22.6 Å². The maximum absolute atomic E-state index is 11.9. The van der Waals surface area contributed by atoms with Gasteiger partial charge in [0.15, 0.2) is 0 Å². The molecule has 0 saturated carbocycles. The first-order valence-corrected chi connectivity index (χ1v) is 7.31. The molecule has 0 aliphatic heterocycles. The largest absolute Gasteiger partial charge is 0.497 e. The minimum Gasteiger partial charge on any atom is -0.497 e. The van der Waals surface area contributed by atoms with E-state index in [-0.39, 0.29) is 12.5 Å². The molecule has 0 aromatic heterocycles.